The largest absolute Gasteiger partial charge is 0.339 e. The number of hydrogen-bond acceptors (Lipinski definition) is 4. The summed E-state index contributed by atoms with van der Waals surface area (Å²) in [5, 5.41) is 7.12. The van der Waals surface area contributed by atoms with Crippen LogP contribution in [0.1, 0.15) is 37.5 Å². The van der Waals surface area contributed by atoms with Crippen molar-refractivity contribution in [1.29, 1.82) is 0 Å². The summed E-state index contributed by atoms with van der Waals surface area (Å²) in [6, 6.07) is 3.92. The molecule has 21 heavy (non-hydrogen) atoms. The van der Waals surface area contributed by atoms with Gasteiger partial charge in [0.15, 0.2) is 5.82 Å². The maximum atomic E-state index is 13.5. The third-order valence-electron chi connectivity index (χ3n) is 2.99. The van der Waals surface area contributed by atoms with Gasteiger partial charge in [0.2, 0.25) is 5.89 Å². The Labute approximate surface area is 122 Å². The fourth-order valence-corrected chi connectivity index (χ4v) is 1.93. The van der Waals surface area contributed by atoms with Gasteiger partial charge >= 0.3 is 0 Å². The monoisotopic (exact) mass is 295 g/mol. The molecule has 6 heteroatoms. The van der Waals surface area contributed by atoms with Crippen LogP contribution in [0.4, 0.5) is 8.78 Å². The van der Waals surface area contributed by atoms with Gasteiger partial charge < -0.3 is 9.84 Å². The first-order valence-electron chi connectivity index (χ1n) is 7.03. The lowest BCUT2D eigenvalue weighted by atomic mass is 10.1. The summed E-state index contributed by atoms with van der Waals surface area (Å²) in [5.41, 5.74) is 0.352. The average Bonchev–Trinajstić information content (AvgIpc) is 2.85. The van der Waals surface area contributed by atoms with E-state index in [1.54, 1.807) is 0 Å². The molecular formula is C15H19F2N3O. The van der Waals surface area contributed by atoms with Gasteiger partial charge in [0, 0.05) is 24.9 Å². The molecule has 1 aromatic heterocycles. The number of aryl methyl sites for hydroxylation is 1. The second-order valence-corrected chi connectivity index (χ2v) is 5.23. The molecule has 0 aliphatic carbocycles. The molecule has 1 aromatic carbocycles. The molecule has 0 radical (unpaired) electrons. The van der Waals surface area contributed by atoms with E-state index in [1.807, 2.05) is 0 Å². The molecule has 0 spiro atoms. The molecule has 0 unspecified atom stereocenters. The average molecular weight is 295 g/mol. The maximum Gasteiger partial charge on any atom is 0.226 e. The predicted octanol–water partition coefficient (Wildman–Crippen LogP) is 2.87. The van der Waals surface area contributed by atoms with E-state index in [4.69, 9.17) is 4.52 Å². The fourth-order valence-electron chi connectivity index (χ4n) is 1.93. The lowest BCUT2D eigenvalue weighted by molar-refractivity contribution is 0.369. The minimum absolute atomic E-state index is 0.194. The molecular weight excluding hydrogens is 276 g/mol. The van der Waals surface area contributed by atoms with E-state index in [0.29, 0.717) is 29.7 Å². The van der Waals surface area contributed by atoms with Crippen LogP contribution in [0.25, 0.3) is 0 Å². The fraction of sp³-hybridized carbons (Fsp3) is 0.467. The maximum absolute atomic E-state index is 13.5. The first kappa shape index (κ1) is 15.6. The lowest BCUT2D eigenvalue weighted by Crippen LogP contribution is -2.23. The number of aromatic nitrogens is 2. The molecule has 114 valence electrons. The van der Waals surface area contributed by atoms with Crippen LogP contribution in [0.15, 0.2) is 22.7 Å². The number of halogens is 2. The van der Waals surface area contributed by atoms with Gasteiger partial charge in [0.1, 0.15) is 11.6 Å². The molecule has 0 bridgehead atoms. The van der Waals surface area contributed by atoms with Crippen LogP contribution in [0.5, 0.6) is 0 Å². The van der Waals surface area contributed by atoms with Crippen LogP contribution < -0.4 is 5.32 Å². The summed E-state index contributed by atoms with van der Waals surface area (Å²) in [6.45, 7) is 5.05. The molecule has 2 aromatic rings. The Kier molecular flexibility index (Phi) is 5.38. The molecule has 1 N–H and O–H groups in total. The second kappa shape index (κ2) is 7.26. The zero-order chi connectivity index (χ0) is 15.2. The number of nitrogens with one attached hydrogen (secondary N) is 1. The van der Waals surface area contributed by atoms with Gasteiger partial charge in [0.05, 0.1) is 0 Å². The van der Waals surface area contributed by atoms with Gasteiger partial charge in [-0.25, -0.2) is 8.78 Å². The zero-order valence-corrected chi connectivity index (χ0v) is 12.2. The molecule has 2 rings (SSSR count). The quantitative estimate of drug-likeness (QED) is 0.798. The highest BCUT2D eigenvalue weighted by molar-refractivity contribution is 5.21. The first-order chi connectivity index (χ1) is 10.0. The molecule has 1 heterocycles. The molecule has 0 saturated carbocycles. The highest BCUT2D eigenvalue weighted by atomic mass is 19.1. The standard InChI is InChI=1S/C15H19F2N3O/c1-10(2)18-7-3-4-15-19-14(20-21-15)8-11-5-6-12(16)9-13(11)17/h5-6,9-10,18H,3-4,7-8H2,1-2H3. The minimum Gasteiger partial charge on any atom is -0.339 e. The topological polar surface area (TPSA) is 51.0 Å². The molecule has 0 atom stereocenters. The van der Waals surface area contributed by atoms with E-state index >= 15 is 0 Å². The number of benzene rings is 1. The predicted molar refractivity (Wildman–Crippen MR) is 74.9 cm³/mol. The van der Waals surface area contributed by atoms with Crippen LogP contribution in [-0.4, -0.2) is 22.7 Å². The number of hydrogen-bond donors (Lipinski definition) is 1. The van der Waals surface area contributed by atoms with E-state index in [2.05, 4.69) is 29.3 Å². The molecule has 0 aliphatic heterocycles. The van der Waals surface area contributed by atoms with E-state index in [-0.39, 0.29) is 6.42 Å². The highest BCUT2D eigenvalue weighted by Crippen LogP contribution is 2.13. The second-order valence-electron chi connectivity index (χ2n) is 5.23. The minimum atomic E-state index is -0.595. The lowest BCUT2D eigenvalue weighted by Gasteiger charge is -2.05. The molecule has 0 aliphatic rings. The third kappa shape index (κ3) is 4.90. The zero-order valence-electron chi connectivity index (χ0n) is 12.2. The van der Waals surface area contributed by atoms with Crippen molar-refractivity contribution in [2.24, 2.45) is 0 Å². The summed E-state index contributed by atoms with van der Waals surface area (Å²) in [6.07, 6.45) is 1.77. The molecule has 0 saturated heterocycles. The summed E-state index contributed by atoms with van der Waals surface area (Å²) in [4.78, 5) is 4.22. The van der Waals surface area contributed by atoms with Crippen molar-refractivity contribution >= 4 is 0 Å². The van der Waals surface area contributed by atoms with Gasteiger partial charge in [-0.1, -0.05) is 25.1 Å². The Morgan fingerprint density at radius 2 is 2.10 bits per heavy atom. The molecule has 4 nitrogen and oxygen atoms in total. The van der Waals surface area contributed by atoms with Crippen molar-refractivity contribution in [2.75, 3.05) is 6.54 Å². The van der Waals surface area contributed by atoms with Crippen molar-refractivity contribution in [3.8, 4) is 0 Å². The molecule has 0 amide bonds. The Balaban J connectivity index is 1.88. The van der Waals surface area contributed by atoms with E-state index < -0.39 is 11.6 Å². The van der Waals surface area contributed by atoms with Crippen molar-refractivity contribution in [3.63, 3.8) is 0 Å². The van der Waals surface area contributed by atoms with Gasteiger partial charge in [-0.15, -0.1) is 0 Å². The van der Waals surface area contributed by atoms with Crippen molar-refractivity contribution in [3.05, 3.63) is 47.1 Å². The van der Waals surface area contributed by atoms with Crippen LogP contribution in [-0.2, 0) is 12.8 Å². The first-order valence-corrected chi connectivity index (χ1v) is 7.03. The van der Waals surface area contributed by atoms with Crippen LogP contribution >= 0.6 is 0 Å². The normalized spacial score (nSPS) is 11.3. The smallest absolute Gasteiger partial charge is 0.226 e. The van der Waals surface area contributed by atoms with E-state index in [1.165, 1.54) is 12.1 Å². The van der Waals surface area contributed by atoms with Crippen LogP contribution in [0.2, 0.25) is 0 Å². The SMILES string of the molecule is CC(C)NCCCc1nc(Cc2ccc(F)cc2F)no1. The van der Waals surface area contributed by atoms with Gasteiger partial charge in [0.25, 0.3) is 0 Å². The highest BCUT2D eigenvalue weighted by Gasteiger charge is 2.10. The Bertz CT molecular complexity index is 584. The Morgan fingerprint density at radius 1 is 1.29 bits per heavy atom. The van der Waals surface area contributed by atoms with Gasteiger partial charge in [-0.05, 0) is 24.6 Å². The summed E-state index contributed by atoms with van der Waals surface area (Å²) >= 11 is 0. The van der Waals surface area contributed by atoms with Crippen molar-refractivity contribution < 1.29 is 13.3 Å². The summed E-state index contributed by atoms with van der Waals surface area (Å²) in [5.74, 6) is -0.240. The van der Waals surface area contributed by atoms with Gasteiger partial charge in [-0.2, -0.15) is 4.98 Å². The van der Waals surface area contributed by atoms with Crippen LogP contribution in [0.3, 0.4) is 0 Å². The Morgan fingerprint density at radius 3 is 2.81 bits per heavy atom. The van der Waals surface area contributed by atoms with Gasteiger partial charge in [-0.3, -0.25) is 0 Å². The van der Waals surface area contributed by atoms with Crippen LogP contribution in [0, 0.1) is 11.6 Å². The van der Waals surface area contributed by atoms with E-state index in [9.17, 15) is 8.78 Å². The van der Waals surface area contributed by atoms with E-state index in [0.717, 1.165) is 19.0 Å². The number of nitrogens with zero attached hydrogens (tertiary/aromatic N) is 2. The Hall–Kier alpha value is -1.82. The van der Waals surface area contributed by atoms with Crippen molar-refractivity contribution in [2.45, 2.75) is 39.2 Å². The third-order valence-corrected chi connectivity index (χ3v) is 2.99. The summed E-state index contributed by atoms with van der Waals surface area (Å²) < 4.78 is 31.5. The van der Waals surface area contributed by atoms with Crippen molar-refractivity contribution in [1.82, 2.24) is 15.5 Å². The summed E-state index contributed by atoms with van der Waals surface area (Å²) in [7, 11) is 0. The molecule has 0 fully saturated rings. The number of rotatable bonds is 7.